The fourth-order valence-electron chi connectivity index (χ4n) is 2.20. The third-order valence-electron chi connectivity index (χ3n) is 3.60. The van der Waals surface area contributed by atoms with Gasteiger partial charge in [-0.3, -0.25) is 0 Å². The summed E-state index contributed by atoms with van der Waals surface area (Å²) < 4.78 is 13.3. The van der Waals surface area contributed by atoms with Crippen molar-refractivity contribution in [2.45, 2.75) is 39.5 Å². The molecule has 1 aromatic rings. The Kier molecular flexibility index (Phi) is 5.50. The Bertz CT molecular complexity index is 399. The van der Waals surface area contributed by atoms with E-state index >= 15 is 0 Å². The topological polar surface area (TPSA) is 38.0 Å². The predicted octanol–water partition coefficient (Wildman–Crippen LogP) is 3.07. The molecular formula is C16H27FN2. The van der Waals surface area contributed by atoms with Crippen molar-refractivity contribution in [1.82, 2.24) is 5.32 Å². The molecule has 0 radical (unpaired) electrons. The Hall–Kier alpha value is -0.930. The van der Waals surface area contributed by atoms with Crippen LogP contribution in [0.5, 0.6) is 0 Å². The van der Waals surface area contributed by atoms with Gasteiger partial charge in [-0.25, -0.2) is 4.39 Å². The molecule has 2 nitrogen and oxygen atoms in total. The van der Waals surface area contributed by atoms with Gasteiger partial charge in [-0.15, -0.1) is 0 Å². The standard InChI is InChI=1S/C16H27FN2/c1-15(2,8-9-18)11-19-12-16(3,4)13-6-5-7-14(17)10-13/h5-7,10,19H,8-9,11-12,18H2,1-4H3. The van der Waals surface area contributed by atoms with Gasteiger partial charge in [0, 0.05) is 18.5 Å². The van der Waals surface area contributed by atoms with E-state index in [2.05, 4.69) is 33.0 Å². The summed E-state index contributed by atoms with van der Waals surface area (Å²) in [7, 11) is 0. The number of rotatable bonds is 7. The summed E-state index contributed by atoms with van der Waals surface area (Å²) in [5.74, 6) is -0.172. The highest BCUT2D eigenvalue weighted by Gasteiger charge is 2.23. The fraction of sp³-hybridized carbons (Fsp3) is 0.625. The molecule has 1 aromatic carbocycles. The number of nitrogens with two attached hydrogens (primary N) is 1. The molecule has 3 N–H and O–H groups in total. The van der Waals surface area contributed by atoms with Crippen LogP contribution in [-0.2, 0) is 5.41 Å². The first-order valence-electron chi connectivity index (χ1n) is 6.94. The van der Waals surface area contributed by atoms with Crippen LogP contribution >= 0.6 is 0 Å². The molecule has 3 heteroatoms. The summed E-state index contributed by atoms with van der Waals surface area (Å²) in [5, 5.41) is 3.49. The molecule has 0 aliphatic carbocycles. The van der Waals surface area contributed by atoms with E-state index in [1.54, 1.807) is 12.1 Å². The second-order valence-corrected chi connectivity index (χ2v) is 6.70. The van der Waals surface area contributed by atoms with Gasteiger partial charge < -0.3 is 11.1 Å². The van der Waals surface area contributed by atoms with Crippen molar-refractivity contribution in [3.05, 3.63) is 35.6 Å². The molecule has 0 fully saturated rings. The van der Waals surface area contributed by atoms with Crippen molar-refractivity contribution in [3.8, 4) is 0 Å². The van der Waals surface area contributed by atoms with E-state index in [-0.39, 0.29) is 16.6 Å². The zero-order chi connectivity index (χ0) is 14.5. The molecule has 1 rings (SSSR count). The van der Waals surface area contributed by atoms with E-state index in [1.165, 1.54) is 6.07 Å². The van der Waals surface area contributed by atoms with Crippen LogP contribution in [0.2, 0.25) is 0 Å². The zero-order valence-corrected chi connectivity index (χ0v) is 12.6. The Morgan fingerprint density at radius 3 is 2.42 bits per heavy atom. The molecule has 0 atom stereocenters. The SMILES string of the molecule is CC(C)(CCN)CNCC(C)(C)c1cccc(F)c1. The maximum Gasteiger partial charge on any atom is 0.123 e. The Morgan fingerprint density at radius 1 is 1.16 bits per heavy atom. The summed E-state index contributed by atoms with van der Waals surface area (Å²) in [6, 6.07) is 6.85. The monoisotopic (exact) mass is 266 g/mol. The second-order valence-electron chi connectivity index (χ2n) is 6.70. The third-order valence-corrected chi connectivity index (χ3v) is 3.60. The first-order valence-corrected chi connectivity index (χ1v) is 6.94. The van der Waals surface area contributed by atoms with Crippen molar-refractivity contribution in [1.29, 1.82) is 0 Å². The fourth-order valence-corrected chi connectivity index (χ4v) is 2.20. The lowest BCUT2D eigenvalue weighted by atomic mass is 9.83. The minimum Gasteiger partial charge on any atom is -0.330 e. The summed E-state index contributed by atoms with van der Waals surface area (Å²) in [6.45, 7) is 11.1. The molecule has 0 saturated heterocycles. The number of hydrogen-bond donors (Lipinski definition) is 2. The molecular weight excluding hydrogens is 239 g/mol. The summed E-state index contributed by atoms with van der Waals surface area (Å²) in [5.41, 5.74) is 6.75. The van der Waals surface area contributed by atoms with Crippen LogP contribution in [0, 0.1) is 11.2 Å². The maximum atomic E-state index is 13.3. The van der Waals surface area contributed by atoms with E-state index < -0.39 is 0 Å². The first kappa shape index (κ1) is 16.1. The molecule has 0 amide bonds. The van der Waals surface area contributed by atoms with E-state index in [1.807, 2.05) is 6.07 Å². The smallest absolute Gasteiger partial charge is 0.123 e. The third kappa shape index (κ3) is 5.29. The van der Waals surface area contributed by atoms with Crippen LogP contribution in [0.3, 0.4) is 0 Å². The second kappa shape index (κ2) is 6.49. The Labute approximate surface area is 116 Å². The molecule has 0 bridgehead atoms. The largest absolute Gasteiger partial charge is 0.330 e. The van der Waals surface area contributed by atoms with E-state index in [0.717, 1.165) is 25.1 Å². The molecule has 0 aliphatic heterocycles. The van der Waals surface area contributed by atoms with Crippen molar-refractivity contribution in [2.24, 2.45) is 11.1 Å². The van der Waals surface area contributed by atoms with Gasteiger partial charge in [-0.1, -0.05) is 39.8 Å². The lowest BCUT2D eigenvalue weighted by Crippen LogP contribution is -2.38. The average Bonchev–Trinajstić information content (AvgIpc) is 2.28. The molecule has 0 spiro atoms. The van der Waals surface area contributed by atoms with Gasteiger partial charge in [0.1, 0.15) is 5.82 Å². The molecule has 0 aliphatic rings. The molecule has 19 heavy (non-hydrogen) atoms. The highest BCUT2D eigenvalue weighted by molar-refractivity contribution is 5.24. The number of benzene rings is 1. The first-order chi connectivity index (χ1) is 8.77. The predicted molar refractivity (Wildman–Crippen MR) is 79.7 cm³/mol. The normalized spacial score (nSPS) is 12.7. The number of hydrogen-bond acceptors (Lipinski definition) is 2. The summed E-state index contributed by atoms with van der Waals surface area (Å²) in [4.78, 5) is 0. The number of nitrogens with one attached hydrogen (secondary N) is 1. The zero-order valence-electron chi connectivity index (χ0n) is 12.6. The van der Waals surface area contributed by atoms with Gasteiger partial charge in [-0.05, 0) is 36.1 Å². The van der Waals surface area contributed by atoms with E-state index in [4.69, 9.17) is 5.73 Å². The van der Waals surface area contributed by atoms with Crippen LogP contribution in [0.4, 0.5) is 4.39 Å². The Balaban J connectivity index is 2.56. The molecule has 0 saturated carbocycles. The van der Waals surface area contributed by atoms with Crippen LogP contribution in [0.1, 0.15) is 39.7 Å². The van der Waals surface area contributed by atoms with Gasteiger partial charge in [0.15, 0.2) is 0 Å². The minimum absolute atomic E-state index is 0.0824. The Morgan fingerprint density at radius 2 is 1.84 bits per heavy atom. The minimum atomic E-state index is -0.172. The highest BCUT2D eigenvalue weighted by Crippen LogP contribution is 2.24. The van der Waals surface area contributed by atoms with Gasteiger partial charge in [0.25, 0.3) is 0 Å². The summed E-state index contributed by atoms with van der Waals surface area (Å²) in [6.07, 6.45) is 1.00. The molecule has 0 heterocycles. The van der Waals surface area contributed by atoms with Crippen molar-refractivity contribution in [2.75, 3.05) is 19.6 Å². The highest BCUT2D eigenvalue weighted by atomic mass is 19.1. The van der Waals surface area contributed by atoms with E-state index in [0.29, 0.717) is 6.54 Å². The molecule has 0 aromatic heterocycles. The van der Waals surface area contributed by atoms with Gasteiger partial charge in [0.2, 0.25) is 0 Å². The average molecular weight is 266 g/mol. The van der Waals surface area contributed by atoms with Gasteiger partial charge in [0.05, 0.1) is 0 Å². The lowest BCUT2D eigenvalue weighted by molar-refractivity contribution is 0.305. The van der Waals surface area contributed by atoms with Gasteiger partial charge >= 0.3 is 0 Å². The number of halogens is 1. The molecule has 0 unspecified atom stereocenters. The van der Waals surface area contributed by atoms with Crippen LogP contribution < -0.4 is 11.1 Å². The van der Waals surface area contributed by atoms with Crippen LogP contribution in [0.25, 0.3) is 0 Å². The maximum absolute atomic E-state index is 13.3. The van der Waals surface area contributed by atoms with Gasteiger partial charge in [-0.2, -0.15) is 0 Å². The van der Waals surface area contributed by atoms with Crippen LogP contribution in [0.15, 0.2) is 24.3 Å². The quantitative estimate of drug-likeness (QED) is 0.796. The van der Waals surface area contributed by atoms with Crippen molar-refractivity contribution >= 4 is 0 Å². The summed E-state index contributed by atoms with van der Waals surface area (Å²) >= 11 is 0. The van der Waals surface area contributed by atoms with Crippen molar-refractivity contribution in [3.63, 3.8) is 0 Å². The van der Waals surface area contributed by atoms with Crippen LogP contribution in [-0.4, -0.2) is 19.6 Å². The molecule has 108 valence electrons. The lowest BCUT2D eigenvalue weighted by Gasteiger charge is -2.30. The van der Waals surface area contributed by atoms with Crippen molar-refractivity contribution < 1.29 is 4.39 Å². The van der Waals surface area contributed by atoms with E-state index in [9.17, 15) is 4.39 Å².